The molecule has 0 aliphatic rings. The lowest BCUT2D eigenvalue weighted by molar-refractivity contribution is 0.627. The second kappa shape index (κ2) is 4.80. The first-order chi connectivity index (χ1) is 9.56. The summed E-state index contributed by atoms with van der Waals surface area (Å²) < 4.78 is 15.1. The molecule has 0 saturated heterocycles. The number of nitrogen functional groups attached to an aromatic ring is 1. The lowest BCUT2D eigenvalue weighted by Gasteiger charge is -2.09. The van der Waals surface area contributed by atoms with Crippen LogP contribution in [0, 0.1) is 12.7 Å². The third-order valence-electron chi connectivity index (χ3n) is 3.32. The van der Waals surface area contributed by atoms with Crippen LogP contribution in [0.5, 0.6) is 0 Å². The van der Waals surface area contributed by atoms with Crippen molar-refractivity contribution < 1.29 is 4.39 Å². The first-order valence-electron chi connectivity index (χ1n) is 6.21. The number of benzene rings is 2. The van der Waals surface area contributed by atoms with Gasteiger partial charge in [-0.2, -0.15) is 0 Å². The van der Waals surface area contributed by atoms with Gasteiger partial charge in [0.2, 0.25) is 5.95 Å². The minimum Gasteiger partial charge on any atom is -0.369 e. The standard InChI is InChI=1S/C15H13ClFN3/c1-9-3-2-4-13-14(9)20(15(18)19-13)8-10-5-6-12(17)11(16)7-10/h2-7H,8H2,1H3,(H2,18,19). The van der Waals surface area contributed by atoms with E-state index in [-0.39, 0.29) is 5.02 Å². The zero-order valence-electron chi connectivity index (χ0n) is 10.9. The number of hydrogen-bond acceptors (Lipinski definition) is 2. The van der Waals surface area contributed by atoms with E-state index in [4.69, 9.17) is 17.3 Å². The highest BCUT2D eigenvalue weighted by Gasteiger charge is 2.11. The van der Waals surface area contributed by atoms with Gasteiger partial charge in [0.15, 0.2) is 0 Å². The van der Waals surface area contributed by atoms with E-state index < -0.39 is 5.82 Å². The molecule has 5 heteroatoms. The largest absolute Gasteiger partial charge is 0.369 e. The Labute approximate surface area is 120 Å². The Morgan fingerprint density at radius 2 is 2.10 bits per heavy atom. The molecular formula is C15H13ClFN3. The van der Waals surface area contributed by atoms with Crippen LogP contribution < -0.4 is 5.73 Å². The van der Waals surface area contributed by atoms with Crippen LogP contribution in [0.1, 0.15) is 11.1 Å². The van der Waals surface area contributed by atoms with Crippen LogP contribution in [0.3, 0.4) is 0 Å². The molecule has 1 heterocycles. The summed E-state index contributed by atoms with van der Waals surface area (Å²) in [5.41, 5.74) is 9.81. The van der Waals surface area contributed by atoms with Crippen molar-refractivity contribution in [3.05, 3.63) is 58.4 Å². The van der Waals surface area contributed by atoms with E-state index in [9.17, 15) is 4.39 Å². The summed E-state index contributed by atoms with van der Waals surface area (Å²) in [5.74, 6) is 0.0183. The number of para-hydroxylation sites is 1. The molecule has 2 aromatic carbocycles. The zero-order valence-corrected chi connectivity index (χ0v) is 11.7. The second-order valence-corrected chi connectivity index (χ2v) is 5.15. The van der Waals surface area contributed by atoms with Crippen LogP contribution in [0.15, 0.2) is 36.4 Å². The summed E-state index contributed by atoms with van der Waals surface area (Å²) in [6.07, 6.45) is 0. The molecule has 0 saturated carbocycles. The quantitative estimate of drug-likeness (QED) is 0.780. The van der Waals surface area contributed by atoms with Crippen molar-refractivity contribution in [2.75, 3.05) is 5.73 Å². The van der Waals surface area contributed by atoms with Crippen molar-refractivity contribution in [2.24, 2.45) is 0 Å². The van der Waals surface area contributed by atoms with E-state index in [0.29, 0.717) is 12.5 Å². The third-order valence-corrected chi connectivity index (χ3v) is 3.61. The van der Waals surface area contributed by atoms with Gasteiger partial charge in [-0.05, 0) is 36.2 Å². The van der Waals surface area contributed by atoms with Crippen molar-refractivity contribution in [1.82, 2.24) is 9.55 Å². The molecule has 3 aromatic rings. The van der Waals surface area contributed by atoms with Gasteiger partial charge in [0.25, 0.3) is 0 Å². The second-order valence-electron chi connectivity index (χ2n) is 4.75. The summed E-state index contributed by atoms with van der Waals surface area (Å²) in [4.78, 5) is 4.34. The number of fused-ring (bicyclic) bond motifs is 1. The van der Waals surface area contributed by atoms with E-state index >= 15 is 0 Å². The van der Waals surface area contributed by atoms with Crippen molar-refractivity contribution >= 4 is 28.6 Å². The highest BCUT2D eigenvalue weighted by atomic mass is 35.5. The average molecular weight is 290 g/mol. The monoisotopic (exact) mass is 289 g/mol. The molecule has 1 aromatic heterocycles. The summed E-state index contributed by atoms with van der Waals surface area (Å²) in [6.45, 7) is 2.52. The molecule has 20 heavy (non-hydrogen) atoms. The smallest absolute Gasteiger partial charge is 0.201 e. The molecule has 102 valence electrons. The molecule has 2 N–H and O–H groups in total. The molecule has 3 rings (SSSR count). The molecule has 0 amide bonds. The Kier molecular flexibility index (Phi) is 3.10. The average Bonchev–Trinajstić information content (AvgIpc) is 2.72. The van der Waals surface area contributed by atoms with Crippen LogP contribution in [-0.4, -0.2) is 9.55 Å². The summed E-state index contributed by atoms with van der Waals surface area (Å²) >= 11 is 5.81. The van der Waals surface area contributed by atoms with Crippen LogP contribution in [0.4, 0.5) is 10.3 Å². The highest BCUT2D eigenvalue weighted by Crippen LogP contribution is 2.24. The molecule has 0 aliphatic carbocycles. The van der Waals surface area contributed by atoms with Gasteiger partial charge in [-0.1, -0.05) is 29.8 Å². The fraction of sp³-hybridized carbons (Fsp3) is 0.133. The number of nitrogens with zero attached hydrogens (tertiary/aromatic N) is 2. The molecule has 0 aliphatic heterocycles. The van der Waals surface area contributed by atoms with Gasteiger partial charge in [-0.3, -0.25) is 0 Å². The van der Waals surface area contributed by atoms with Crippen molar-refractivity contribution in [2.45, 2.75) is 13.5 Å². The SMILES string of the molecule is Cc1cccc2nc(N)n(Cc3ccc(F)c(Cl)c3)c12. The molecule has 0 unspecified atom stereocenters. The zero-order chi connectivity index (χ0) is 14.3. The van der Waals surface area contributed by atoms with E-state index in [0.717, 1.165) is 22.2 Å². The van der Waals surface area contributed by atoms with Crippen LogP contribution in [-0.2, 0) is 6.54 Å². The Balaban J connectivity index is 2.10. The van der Waals surface area contributed by atoms with Crippen molar-refractivity contribution in [3.8, 4) is 0 Å². The maximum Gasteiger partial charge on any atom is 0.201 e. The lowest BCUT2D eigenvalue weighted by atomic mass is 10.2. The molecule has 3 nitrogen and oxygen atoms in total. The van der Waals surface area contributed by atoms with Gasteiger partial charge in [-0.15, -0.1) is 0 Å². The molecule has 0 spiro atoms. The number of anilines is 1. The normalized spacial score (nSPS) is 11.2. The van der Waals surface area contributed by atoms with E-state index in [1.165, 1.54) is 6.07 Å². The molecular weight excluding hydrogens is 277 g/mol. The minimum atomic E-state index is -0.421. The molecule has 0 bridgehead atoms. The first kappa shape index (κ1) is 12.9. The summed E-state index contributed by atoms with van der Waals surface area (Å²) in [7, 11) is 0. The number of imidazole rings is 1. The van der Waals surface area contributed by atoms with E-state index in [1.807, 2.05) is 29.7 Å². The predicted octanol–water partition coefficient (Wildman–Crippen LogP) is 3.77. The predicted molar refractivity (Wildman–Crippen MR) is 79.4 cm³/mol. The van der Waals surface area contributed by atoms with Gasteiger partial charge in [0.05, 0.1) is 22.6 Å². The summed E-state index contributed by atoms with van der Waals surface area (Å²) in [6, 6.07) is 10.6. The van der Waals surface area contributed by atoms with Crippen LogP contribution >= 0.6 is 11.6 Å². The van der Waals surface area contributed by atoms with Gasteiger partial charge >= 0.3 is 0 Å². The Hall–Kier alpha value is -2.07. The fourth-order valence-electron chi connectivity index (χ4n) is 2.36. The number of aromatic nitrogens is 2. The van der Waals surface area contributed by atoms with Crippen LogP contribution in [0.2, 0.25) is 5.02 Å². The number of halogens is 2. The topological polar surface area (TPSA) is 43.8 Å². The Morgan fingerprint density at radius 1 is 1.30 bits per heavy atom. The molecule has 0 fully saturated rings. The third kappa shape index (κ3) is 2.12. The maximum atomic E-state index is 13.2. The van der Waals surface area contributed by atoms with Gasteiger partial charge in [0, 0.05) is 0 Å². The summed E-state index contributed by atoms with van der Waals surface area (Å²) in [5, 5.41) is 0.113. The highest BCUT2D eigenvalue weighted by molar-refractivity contribution is 6.30. The Bertz CT molecular complexity index is 795. The number of hydrogen-bond donors (Lipinski definition) is 1. The van der Waals surface area contributed by atoms with Gasteiger partial charge < -0.3 is 10.3 Å². The van der Waals surface area contributed by atoms with Crippen molar-refractivity contribution in [1.29, 1.82) is 0 Å². The van der Waals surface area contributed by atoms with Gasteiger partial charge in [0.1, 0.15) is 5.82 Å². The lowest BCUT2D eigenvalue weighted by Crippen LogP contribution is -2.05. The fourth-order valence-corrected chi connectivity index (χ4v) is 2.57. The van der Waals surface area contributed by atoms with Crippen molar-refractivity contribution in [3.63, 3.8) is 0 Å². The number of nitrogens with two attached hydrogens (primary N) is 1. The Morgan fingerprint density at radius 3 is 2.85 bits per heavy atom. The minimum absolute atomic E-state index is 0.113. The maximum absolute atomic E-state index is 13.2. The first-order valence-corrected chi connectivity index (χ1v) is 6.59. The van der Waals surface area contributed by atoms with Crippen LogP contribution in [0.25, 0.3) is 11.0 Å². The number of rotatable bonds is 2. The van der Waals surface area contributed by atoms with Gasteiger partial charge in [-0.25, -0.2) is 9.37 Å². The molecule has 0 atom stereocenters. The number of aryl methyl sites for hydroxylation is 1. The van der Waals surface area contributed by atoms with E-state index in [2.05, 4.69) is 4.98 Å². The van der Waals surface area contributed by atoms with E-state index in [1.54, 1.807) is 12.1 Å². The molecule has 0 radical (unpaired) electrons.